The molecule has 1 aliphatic rings. The van der Waals surface area contributed by atoms with Gasteiger partial charge in [0.05, 0.1) is 15.9 Å². The van der Waals surface area contributed by atoms with Crippen LogP contribution in [0.3, 0.4) is 0 Å². The minimum atomic E-state index is -0.739. The fraction of sp³-hybridized carbons (Fsp3) is 0.0588. The molecule has 1 saturated heterocycles. The number of carbonyl (C=O) groups is 2. The summed E-state index contributed by atoms with van der Waals surface area (Å²) in [4.78, 5) is 36.0. The standard InChI is InChI=1S/C17H11Br2N3O5/c18-11-3-1-9(2-4-11)8-21-16(24)13(20-17(21)25)6-10-5-12(19)15(23)14(7-10)22(26)27/h1-7,23H,8H2,(H,20,25)/b13-6+. The molecule has 0 aromatic heterocycles. The second-order valence-electron chi connectivity index (χ2n) is 5.63. The van der Waals surface area contributed by atoms with Crippen molar-refractivity contribution in [1.82, 2.24) is 10.2 Å². The maximum Gasteiger partial charge on any atom is 0.329 e. The molecule has 2 aromatic rings. The van der Waals surface area contributed by atoms with Crippen molar-refractivity contribution in [3.8, 4) is 5.75 Å². The zero-order valence-corrected chi connectivity index (χ0v) is 16.7. The highest BCUT2D eigenvalue weighted by Gasteiger charge is 2.33. The number of nitrogens with one attached hydrogen (secondary N) is 1. The molecule has 1 fully saturated rings. The number of nitro groups is 1. The second-order valence-corrected chi connectivity index (χ2v) is 7.40. The van der Waals surface area contributed by atoms with Gasteiger partial charge in [-0.15, -0.1) is 0 Å². The molecule has 0 saturated carbocycles. The van der Waals surface area contributed by atoms with Crippen molar-refractivity contribution in [2.45, 2.75) is 6.54 Å². The first-order chi connectivity index (χ1) is 12.8. The maximum absolute atomic E-state index is 12.5. The number of halogens is 2. The Kier molecular flexibility index (Phi) is 5.29. The summed E-state index contributed by atoms with van der Waals surface area (Å²) in [5, 5.41) is 23.2. The van der Waals surface area contributed by atoms with Gasteiger partial charge in [-0.05, 0) is 51.3 Å². The molecular formula is C17H11Br2N3O5. The Bertz CT molecular complexity index is 989. The molecule has 3 amide bonds. The van der Waals surface area contributed by atoms with Crippen LogP contribution in [-0.4, -0.2) is 26.9 Å². The van der Waals surface area contributed by atoms with E-state index in [2.05, 4.69) is 37.2 Å². The van der Waals surface area contributed by atoms with Crippen LogP contribution in [0.2, 0.25) is 0 Å². The lowest BCUT2D eigenvalue weighted by Gasteiger charge is -2.11. The lowest BCUT2D eigenvalue weighted by molar-refractivity contribution is -0.386. The third-order valence-corrected chi connectivity index (χ3v) is 4.92. The zero-order valence-electron chi connectivity index (χ0n) is 13.5. The second kappa shape index (κ2) is 7.49. The molecule has 2 aromatic carbocycles. The zero-order chi connectivity index (χ0) is 19.7. The molecular weight excluding hydrogens is 486 g/mol. The van der Waals surface area contributed by atoms with Crippen LogP contribution in [0.1, 0.15) is 11.1 Å². The largest absolute Gasteiger partial charge is 0.501 e. The number of benzene rings is 2. The molecule has 2 N–H and O–H groups in total. The van der Waals surface area contributed by atoms with Crippen LogP contribution in [0.5, 0.6) is 5.75 Å². The number of urea groups is 1. The van der Waals surface area contributed by atoms with Crippen LogP contribution in [-0.2, 0) is 11.3 Å². The van der Waals surface area contributed by atoms with Crippen molar-refractivity contribution in [3.63, 3.8) is 0 Å². The van der Waals surface area contributed by atoms with E-state index in [1.807, 2.05) is 0 Å². The van der Waals surface area contributed by atoms with Gasteiger partial charge < -0.3 is 10.4 Å². The molecule has 27 heavy (non-hydrogen) atoms. The van der Waals surface area contributed by atoms with Gasteiger partial charge in [-0.2, -0.15) is 0 Å². The van der Waals surface area contributed by atoms with Crippen LogP contribution >= 0.6 is 31.9 Å². The van der Waals surface area contributed by atoms with Crippen molar-refractivity contribution in [2.75, 3.05) is 0 Å². The maximum atomic E-state index is 12.5. The van der Waals surface area contributed by atoms with Gasteiger partial charge in [-0.3, -0.25) is 19.8 Å². The Morgan fingerprint density at radius 1 is 1.19 bits per heavy atom. The molecule has 0 aliphatic carbocycles. The van der Waals surface area contributed by atoms with Gasteiger partial charge >= 0.3 is 11.7 Å². The number of hydrogen-bond donors (Lipinski definition) is 2. The number of nitrogens with zero attached hydrogens (tertiary/aromatic N) is 2. The van der Waals surface area contributed by atoms with Gasteiger partial charge in [0.2, 0.25) is 5.75 Å². The van der Waals surface area contributed by atoms with Gasteiger partial charge in [-0.25, -0.2) is 4.79 Å². The minimum absolute atomic E-state index is 0.0102. The van der Waals surface area contributed by atoms with E-state index in [1.165, 1.54) is 12.1 Å². The van der Waals surface area contributed by atoms with E-state index in [0.29, 0.717) is 0 Å². The third kappa shape index (κ3) is 4.01. The van der Waals surface area contributed by atoms with E-state index in [-0.39, 0.29) is 22.3 Å². The molecule has 10 heteroatoms. The van der Waals surface area contributed by atoms with Gasteiger partial charge in [0.1, 0.15) is 5.70 Å². The molecule has 0 unspecified atom stereocenters. The van der Waals surface area contributed by atoms with Gasteiger partial charge in [0.15, 0.2) is 0 Å². The minimum Gasteiger partial charge on any atom is -0.501 e. The first-order valence-corrected chi connectivity index (χ1v) is 9.10. The number of hydrogen-bond acceptors (Lipinski definition) is 5. The molecule has 3 rings (SSSR count). The summed E-state index contributed by atoms with van der Waals surface area (Å²) in [6, 6.07) is 9.12. The number of phenols is 1. The molecule has 0 bridgehead atoms. The summed E-state index contributed by atoms with van der Waals surface area (Å²) in [5.74, 6) is -1.06. The normalized spacial score (nSPS) is 15.3. The van der Waals surface area contributed by atoms with Crippen LogP contribution in [0.15, 0.2) is 51.0 Å². The van der Waals surface area contributed by atoms with Crippen molar-refractivity contribution in [1.29, 1.82) is 0 Å². The molecule has 1 aliphatic heterocycles. The molecule has 1 heterocycles. The molecule has 0 radical (unpaired) electrons. The van der Waals surface area contributed by atoms with Crippen molar-refractivity contribution < 1.29 is 19.6 Å². The number of rotatable bonds is 4. The van der Waals surface area contributed by atoms with Crippen LogP contribution in [0.4, 0.5) is 10.5 Å². The number of phenolic OH excluding ortho intramolecular Hbond substituents is 1. The Morgan fingerprint density at radius 3 is 2.48 bits per heavy atom. The van der Waals surface area contributed by atoms with Gasteiger partial charge in [0, 0.05) is 10.5 Å². The van der Waals surface area contributed by atoms with E-state index in [9.17, 15) is 24.8 Å². The topological polar surface area (TPSA) is 113 Å². The van der Waals surface area contributed by atoms with Crippen LogP contribution < -0.4 is 5.32 Å². The molecule has 8 nitrogen and oxygen atoms in total. The third-order valence-electron chi connectivity index (χ3n) is 3.79. The smallest absolute Gasteiger partial charge is 0.329 e. The van der Waals surface area contributed by atoms with Crippen LogP contribution in [0.25, 0.3) is 6.08 Å². The Hall–Kier alpha value is -2.72. The summed E-state index contributed by atoms with van der Waals surface area (Å²) in [7, 11) is 0. The summed E-state index contributed by atoms with van der Waals surface area (Å²) in [6.07, 6.45) is 1.32. The van der Waals surface area contributed by atoms with Crippen molar-refractivity contribution in [2.24, 2.45) is 0 Å². The van der Waals surface area contributed by atoms with E-state index in [1.54, 1.807) is 24.3 Å². The summed E-state index contributed by atoms with van der Waals surface area (Å²) in [6.45, 7) is 0.0920. The summed E-state index contributed by atoms with van der Waals surface area (Å²) in [5.41, 5.74) is 0.523. The first kappa shape index (κ1) is 19.1. The predicted molar refractivity (Wildman–Crippen MR) is 104 cm³/mol. The molecule has 138 valence electrons. The summed E-state index contributed by atoms with van der Waals surface area (Å²) < 4.78 is 0.982. The van der Waals surface area contributed by atoms with E-state index < -0.39 is 28.3 Å². The quantitative estimate of drug-likeness (QED) is 0.288. The van der Waals surface area contributed by atoms with Crippen LogP contribution in [0, 0.1) is 10.1 Å². The predicted octanol–water partition coefficient (Wildman–Crippen LogP) is 3.92. The van der Waals surface area contributed by atoms with Gasteiger partial charge in [0.25, 0.3) is 5.91 Å². The van der Waals surface area contributed by atoms with E-state index >= 15 is 0 Å². The van der Waals surface area contributed by atoms with Gasteiger partial charge in [-0.1, -0.05) is 28.1 Å². The van der Waals surface area contributed by atoms with E-state index in [4.69, 9.17) is 0 Å². The monoisotopic (exact) mass is 495 g/mol. The average molecular weight is 497 g/mol. The van der Waals surface area contributed by atoms with Crippen molar-refractivity contribution >= 4 is 55.6 Å². The fourth-order valence-corrected chi connectivity index (χ4v) is 3.21. The molecule has 0 atom stereocenters. The SMILES string of the molecule is O=C1N/C(=C/c2cc(Br)c(O)c([N+](=O)[O-])c2)C(=O)N1Cc1ccc(Br)cc1. The Labute approximate surface area is 169 Å². The average Bonchev–Trinajstić information content (AvgIpc) is 2.87. The summed E-state index contributed by atoms with van der Waals surface area (Å²) >= 11 is 6.35. The first-order valence-electron chi connectivity index (χ1n) is 7.52. The Morgan fingerprint density at radius 2 is 1.85 bits per heavy atom. The fourth-order valence-electron chi connectivity index (χ4n) is 2.48. The number of carbonyl (C=O) groups excluding carboxylic acids is 2. The Balaban J connectivity index is 1.88. The van der Waals surface area contributed by atoms with E-state index in [0.717, 1.165) is 21.0 Å². The highest BCUT2D eigenvalue weighted by Crippen LogP contribution is 2.35. The number of aromatic hydroxyl groups is 1. The highest BCUT2D eigenvalue weighted by molar-refractivity contribution is 9.10. The number of amides is 3. The lowest BCUT2D eigenvalue weighted by atomic mass is 10.1. The number of imide groups is 1. The highest BCUT2D eigenvalue weighted by atomic mass is 79.9. The van der Waals surface area contributed by atoms with Crippen molar-refractivity contribution in [3.05, 3.63) is 72.3 Å². The lowest BCUT2D eigenvalue weighted by Crippen LogP contribution is -2.30. The molecule has 0 spiro atoms. The number of nitro benzene ring substituents is 1.